The van der Waals surface area contributed by atoms with Gasteiger partial charge in [-0.3, -0.25) is 20.9 Å². The Balaban J connectivity index is 2.29. The summed E-state index contributed by atoms with van der Waals surface area (Å²) < 4.78 is 2.91. The molecule has 0 spiro atoms. The summed E-state index contributed by atoms with van der Waals surface area (Å²) in [6, 6.07) is 5.91. The molecule has 3 N–H and O–H groups in total. The molecule has 19 heavy (non-hydrogen) atoms. The number of hydrazine groups is 1. The number of nitrogens with one attached hydrogen (secondary N) is 1. The maximum atomic E-state index is 5.67. The molecule has 0 saturated heterocycles. The first kappa shape index (κ1) is 14.2. The van der Waals surface area contributed by atoms with Crippen LogP contribution in [0.2, 0.25) is 0 Å². The fourth-order valence-corrected chi connectivity index (χ4v) is 2.60. The van der Waals surface area contributed by atoms with Crippen LogP contribution >= 0.6 is 15.9 Å². The summed E-state index contributed by atoms with van der Waals surface area (Å²) in [5.41, 5.74) is 6.83. The number of rotatable bonds is 4. The Labute approximate surface area is 121 Å². The smallest absolute Gasteiger partial charge is 0.0738 e. The molecule has 102 valence electrons. The molecule has 1 atom stereocenters. The molecule has 6 heteroatoms. The third kappa shape index (κ3) is 3.02. The minimum absolute atomic E-state index is 0.0361. The summed E-state index contributed by atoms with van der Waals surface area (Å²) in [5, 5.41) is 4.39. The lowest BCUT2D eigenvalue weighted by molar-refractivity contribution is 0.516. The predicted molar refractivity (Wildman–Crippen MR) is 78.4 cm³/mol. The highest BCUT2D eigenvalue weighted by Gasteiger charge is 2.18. The van der Waals surface area contributed by atoms with E-state index in [0.29, 0.717) is 0 Å². The first-order chi connectivity index (χ1) is 9.02. The Hall–Kier alpha value is -1.24. The average molecular weight is 324 g/mol. The summed E-state index contributed by atoms with van der Waals surface area (Å²) in [7, 11) is 1.93. The Morgan fingerprint density at radius 2 is 2.16 bits per heavy atom. The molecule has 0 aromatic carbocycles. The molecule has 2 rings (SSSR count). The summed E-state index contributed by atoms with van der Waals surface area (Å²) >= 11 is 3.57. The second-order valence-corrected chi connectivity index (χ2v) is 5.39. The van der Waals surface area contributed by atoms with E-state index in [2.05, 4.69) is 31.4 Å². The third-order valence-electron chi connectivity index (χ3n) is 3.13. The van der Waals surface area contributed by atoms with Crippen LogP contribution in [-0.2, 0) is 13.5 Å². The van der Waals surface area contributed by atoms with E-state index in [4.69, 9.17) is 5.84 Å². The van der Waals surface area contributed by atoms with Crippen molar-refractivity contribution >= 4 is 15.9 Å². The first-order valence-corrected chi connectivity index (χ1v) is 6.90. The maximum Gasteiger partial charge on any atom is 0.0738 e. The number of pyridine rings is 1. The van der Waals surface area contributed by atoms with Crippen LogP contribution in [0.25, 0.3) is 0 Å². The van der Waals surface area contributed by atoms with Crippen molar-refractivity contribution in [1.29, 1.82) is 0 Å². The summed E-state index contributed by atoms with van der Waals surface area (Å²) in [4.78, 5) is 4.52. The fourth-order valence-electron chi connectivity index (χ4n) is 2.10. The number of nitrogens with zero attached hydrogens (tertiary/aromatic N) is 3. The molecule has 2 heterocycles. The number of aromatic nitrogens is 3. The van der Waals surface area contributed by atoms with Crippen molar-refractivity contribution in [3.63, 3.8) is 0 Å². The van der Waals surface area contributed by atoms with Gasteiger partial charge in [0.2, 0.25) is 0 Å². The Bertz CT molecular complexity index is 578. The molecule has 0 aliphatic carbocycles. The number of aryl methyl sites for hydroxylation is 3. The van der Waals surface area contributed by atoms with Crippen molar-refractivity contribution < 1.29 is 0 Å². The topological polar surface area (TPSA) is 68.8 Å². The molecule has 2 aromatic rings. The molecule has 0 radical (unpaired) electrons. The number of hydrogen-bond acceptors (Lipinski definition) is 4. The fraction of sp³-hybridized carbons (Fsp3) is 0.385. The zero-order valence-electron chi connectivity index (χ0n) is 11.3. The molecule has 2 aromatic heterocycles. The van der Waals surface area contributed by atoms with Gasteiger partial charge in [-0.15, -0.1) is 0 Å². The highest BCUT2D eigenvalue weighted by atomic mass is 79.9. The van der Waals surface area contributed by atoms with Gasteiger partial charge < -0.3 is 0 Å². The number of hydrogen-bond donors (Lipinski definition) is 2. The second-order valence-electron chi connectivity index (χ2n) is 4.60. The average Bonchev–Trinajstić information content (AvgIpc) is 2.61. The second kappa shape index (κ2) is 5.81. The lowest BCUT2D eigenvalue weighted by Gasteiger charge is -2.16. The molecule has 0 fully saturated rings. The summed E-state index contributed by atoms with van der Waals surface area (Å²) in [5.74, 6) is 5.67. The van der Waals surface area contributed by atoms with E-state index < -0.39 is 0 Å². The standard InChI is InChI=1S/C13H18BrN5/c1-8-5-4-6-10(16-8)11(17-15)7-12-13(14)9(2)18-19(12)3/h4-6,11,17H,7,15H2,1-3H3. The van der Waals surface area contributed by atoms with Gasteiger partial charge >= 0.3 is 0 Å². The highest BCUT2D eigenvalue weighted by molar-refractivity contribution is 9.10. The highest BCUT2D eigenvalue weighted by Crippen LogP contribution is 2.25. The molecular formula is C13H18BrN5. The Morgan fingerprint density at radius 1 is 1.42 bits per heavy atom. The zero-order chi connectivity index (χ0) is 14.0. The minimum atomic E-state index is -0.0361. The van der Waals surface area contributed by atoms with Gasteiger partial charge in [-0.05, 0) is 41.9 Å². The summed E-state index contributed by atoms with van der Waals surface area (Å²) in [6.07, 6.45) is 0.727. The SMILES string of the molecule is Cc1cccc(C(Cc2c(Br)c(C)nn2C)NN)n1. The monoisotopic (exact) mass is 323 g/mol. The number of halogens is 1. The van der Waals surface area contributed by atoms with Gasteiger partial charge in [0.25, 0.3) is 0 Å². The van der Waals surface area contributed by atoms with Crippen molar-refractivity contribution in [2.75, 3.05) is 0 Å². The Kier molecular flexibility index (Phi) is 4.34. The van der Waals surface area contributed by atoms with E-state index in [1.807, 2.05) is 43.8 Å². The molecule has 0 bridgehead atoms. The maximum absolute atomic E-state index is 5.67. The Morgan fingerprint density at radius 3 is 2.68 bits per heavy atom. The van der Waals surface area contributed by atoms with Gasteiger partial charge in [0.05, 0.1) is 27.6 Å². The van der Waals surface area contributed by atoms with Crippen LogP contribution < -0.4 is 11.3 Å². The van der Waals surface area contributed by atoms with Crippen LogP contribution in [0.4, 0.5) is 0 Å². The quantitative estimate of drug-likeness (QED) is 0.666. The molecule has 1 unspecified atom stereocenters. The van der Waals surface area contributed by atoms with Crippen molar-refractivity contribution in [1.82, 2.24) is 20.2 Å². The predicted octanol–water partition coefficient (Wildman–Crippen LogP) is 1.94. The largest absolute Gasteiger partial charge is 0.271 e. The lowest BCUT2D eigenvalue weighted by atomic mass is 10.1. The third-order valence-corrected chi connectivity index (χ3v) is 4.16. The van der Waals surface area contributed by atoms with Crippen molar-refractivity contribution in [2.24, 2.45) is 12.9 Å². The van der Waals surface area contributed by atoms with E-state index in [9.17, 15) is 0 Å². The zero-order valence-corrected chi connectivity index (χ0v) is 12.9. The van der Waals surface area contributed by atoms with Crippen LogP contribution in [0.3, 0.4) is 0 Å². The van der Waals surface area contributed by atoms with Crippen LogP contribution in [0, 0.1) is 13.8 Å². The minimum Gasteiger partial charge on any atom is -0.271 e. The van der Waals surface area contributed by atoms with E-state index in [1.165, 1.54) is 0 Å². The van der Waals surface area contributed by atoms with E-state index in [0.717, 1.165) is 33.7 Å². The summed E-state index contributed by atoms with van der Waals surface area (Å²) in [6.45, 7) is 3.95. The van der Waals surface area contributed by atoms with Crippen LogP contribution in [0.1, 0.15) is 28.8 Å². The molecule has 0 amide bonds. The molecule has 0 aliphatic heterocycles. The van der Waals surface area contributed by atoms with E-state index >= 15 is 0 Å². The molecule has 5 nitrogen and oxygen atoms in total. The molecular weight excluding hydrogens is 306 g/mol. The van der Waals surface area contributed by atoms with Gasteiger partial charge in [-0.2, -0.15) is 5.10 Å². The molecule has 0 saturated carbocycles. The van der Waals surface area contributed by atoms with E-state index in [1.54, 1.807) is 0 Å². The van der Waals surface area contributed by atoms with Crippen LogP contribution in [-0.4, -0.2) is 14.8 Å². The van der Waals surface area contributed by atoms with Crippen molar-refractivity contribution in [3.8, 4) is 0 Å². The van der Waals surface area contributed by atoms with Gasteiger partial charge in [0.15, 0.2) is 0 Å². The van der Waals surface area contributed by atoms with Crippen LogP contribution in [0.5, 0.6) is 0 Å². The molecule has 0 aliphatic rings. The van der Waals surface area contributed by atoms with Crippen molar-refractivity contribution in [2.45, 2.75) is 26.3 Å². The first-order valence-electron chi connectivity index (χ1n) is 6.10. The number of nitrogens with two attached hydrogens (primary N) is 1. The van der Waals surface area contributed by atoms with Gasteiger partial charge in [-0.25, -0.2) is 0 Å². The van der Waals surface area contributed by atoms with Crippen LogP contribution in [0.15, 0.2) is 22.7 Å². The van der Waals surface area contributed by atoms with Gasteiger partial charge in [-0.1, -0.05) is 6.07 Å². The van der Waals surface area contributed by atoms with E-state index in [-0.39, 0.29) is 6.04 Å². The van der Waals surface area contributed by atoms with Gasteiger partial charge in [0, 0.05) is 19.2 Å². The normalized spacial score (nSPS) is 12.7. The van der Waals surface area contributed by atoms with Crippen molar-refractivity contribution in [3.05, 3.63) is 45.4 Å². The lowest BCUT2D eigenvalue weighted by Crippen LogP contribution is -2.31. The van der Waals surface area contributed by atoms with Gasteiger partial charge in [0.1, 0.15) is 0 Å².